The van der Waals surface area contributed by atoms with Gasteiger partial charge in [-0.2, -0.15) is 0 Å². The first-order valence-corrected chi connectivity index (χ1v) is 4.68. The average molecular weight is 206 g/mol. The number of carboxylic acid groups (broad SMARTS) is 1. The third-order valence-corrected chi connectivity index (χ3v) is 1.85. The predicted octanol–water partition coefficient (Wildman–Crippen LogP) is 1.20. The predicted molar refractivity (Wildman–Crippen MR) is 57.3 cm³/mol. The number of aromatic nitrogens is 1. The Morgan fingerprint density at radius 1 is 1.53 bits per heavy atom. The van der Waals surface area contributed by atoms with Crippen molar-refractivity contribution in [3.05, 3.63) is 41.7 Å². The molecule has 0 saturated heterocycles. The molecule has 4 heteroatoms. The van der Waals surface area contributed by atoms with Crippen molar-refractivity contribution < 1.29 is 9.90 Å². The maximum atomic E-state index is 10.3. The van der Waals surface area contributed by atoms with E-state index in [1.54, 1.807) is 19.3 Å². The van der Waals surface area contributed by atoms with Crippen LogP contribution in [0.4, 0.5) is 0 Å². The summed E-state index contributed by atoms with van der Waals surface area (Å²) in [5.41, 5.74) is 1.93. The number of hydrogen-bond donors (Lipinski definition) is 2. The average Bonchev–Trinajstić information content (AvgIpc) is 2.18. The highest BCUT2D eigenvalue weighted by Gasteiger charge is 1.95. The van der Waals surface area contributed by atoms with Gasteiger partial charge in [-0.05, 0) is 24.6 Å². The van der Waals surface area contributed by atoms with E-state index in [0.29, 0.717) is 13.1 Å². The lowest BCUT2D eigenvalue weighted by molar-refractivity contribution is -0.131. The van der Waals surface area contributed by atoms with Crippen LogP contribution in [0.3, 0.4) is 0 Å². The molecule has 0 aliphatic rings. The third kappa shape index (κ3) is 4.93. The molecule has 0 bridgehead atoms. The maximum absolute atomic E-state index is 10.3. The van der Waals surface area contributed by atoms with Crippen molar-refractivity contribution in [3.63, 3.8) is 0 Å². The van der Waals surface area contributed by atoms with Crippen molar-refractivity contribution in [2.75, 3.05) is 6.54 Å². The fourth-order valence-electron chi connectivity index (χ4n) is 1.17. The van der Waals surface area contributed by atoms with Crippen LogP contribution in [0.5, 0.6) is 0 Å². The van der Waals surface area contributed by atoms with Gasteiger partial charge in [0.1, 0.15) is 0 Å². The van der Waals surface area contributed by atoms with E-state index >= 15 is 0 Å². The molecule has 1 rings (SSSR count). The number of rotatable bonds is 5. The van der Waals surface area contributed by atoms with E-state index in [1.807, 2.05) is 12.1 Å². The molecule has 0 unspecified atom stereocenters. The Labute approximate surface area is 88.7 Å². The van der Waals surface area contributed by atoms with Gasteiger partial charge in [0, 0.05) is 31.6 Å². The molecule has 0 aromatic carbocycles. The van der Waals surface area contributed by atoms with Crippen molar-refractivity contribution in [1.29, 1.82) is 0 Å². The Morgan fingerprint density at radius 2 is 2.20 bits per heavy atom. The van der Waals surface area contributed by atoms with Crippen molar-refractivity contribution >= 4 is 5.97 Å². The summed E-state index contributed by atoms with van der Waals surface area (Å²) in [5.74, 6) is -0.904. The van der Waals surface area contributed by atoms with E-state index in [1.165, 1.54) is 6.08 Å². The van der Waals surface area contributed by atoms with Gasteiger partial charge in [-0.25, -0.2) is 4.79 Å². The molecule has 1 heterocycles. The minimum absolute atomic E-state index is 0.578. The van der Waals surface area contributed by atoms with Gasteiger partial charge in [0.15, 0.2) is 0 Å². The lowest BCUT2D eigenvalue weighted by atomic mass is 10.2. The molecule has 0 fully saturated rings. The molecule has 1 aromatic rings. The van der Waals surface area contributed by atoms with Gasteiger partial charge in [-0.1, -0.05) is 5.57 Å². The van der Waals surface area contributed by atoms with Gasteiger partial charge in [-0.15, -0.1) is 0 Å². The van der Waals surface area contributed by atoms with Crippen LogP contribution in [0.25, 0.3) is 0 Å². The van der Waals surface area contributed by atoms with Crippen molar-refractivity contribution in [3.8, 4) is 0 Å². The van der Waals surface area contributed by atoms with E-state index in [0.717, 1.165) is 11.1 Å². The fraction of sp³-hybridized carbons (Fsp3) is 0.273. The second-order valence-corrected chi connectivity index (χ2v) is 3.29. The minimum Gasteiger partial charge on any atom is -0.478 e. The summed E-state index contributed by atoms with van der Waals surface area (Å²) >= 11 is 0. The molecule has 80 valence electrons. The summed E-state index contributed by atoms with van der Waals surface area (Å²) in [6, 6.07) is 3.84. The van der Waals surface area contributed by atoms with Gasteiger partial charge in [-0.3, -0.25) is 4.98 Å². The fourth-order valence-corrected chi connectivity index (χ4v) is 1.17. The van der Waals surface area contributed by atoms with E-state index in [-0.39, 0.29) is 0 Å². The quantitative estimate of drug-likeness (QED) is 0.711. The highest BCUT2D eigenvalue weighted by Crippen LogP contribution is 1.96. The number of nitrogens with one attached hydrogen (secondary N) is 1. The summed E-state index contributed by atoms with van der Waals surface area (Å²) in [7, 11) is 0. The van der Waals surface area contributed by atoms with E-state index < -0.39 is 5.97 Å². The Morgan fingerprint density at radius 3 is 2.80 bits per heavy atom. The molecule has 0 radical (unpaired) electrons. The number of nitrogens with zero attached hydrogens (tertiary/aromatic N) is 1. The lowest BCUT2D eigenvalue weighted by Gasteiger charge is -2.04. The van der Waals surface area contributed by atoms with Crippen LogP contribution >= 0.6 is 0 Å². The van der Waals surface area contributed by atoms with Crippen LogP contribution in [0.1, 0.15) is 12.5 Å². The Balaban J connectivity index is 2.31. The molecular formula is C11H14N2O2. The molecule has 0 aliphatic carbocycles. The first-order chi connectivity index (χ1) is 7.18. The summed E-state index contributed by atoms with van der Waals surface area (Å²) in [5, 5.41) is 11.6. The minimum atomic E-state index is -0.904. The summed E-state index contributed by atoms with van der Waals surface area (Å²) in [6.07, 6.45) is 4.67. The second-order valence-electron chi connectivity index (χ2n) is 3.29. The normalized spacial score (nSPS) is 11.4. The van der Waals surface area contributed by atoms with Gasteiger partial charge < -0.3 is 10.4 Å². The summed E-state index contributed by atoms with van der Waals surface area (Å²) in [4.78, 5) is 14.2. The second kappa shape index (κ2) is 5.93. The zero-order valence-electron chi connectivity index (χ0n) is 8.60. The van der Waals surface area contributed by atoms with Gasteiger partial charge in [0.2, 0.25) is 0 Å². The molecule has 2 N–H and O–H groups in total. The molecule has 15 heavy (non-hydrogen) atoms. The Bertz CT molecular complexity index is 347. The van der Waals surface area contributed by atoms with Crippen molar-refractivity contribution in [1.82, 2.24) is 10.3 Å². The third-order valence-electron chi connectivity index (χ3n) is 1.85. The monoisotopic (exact) mass is 206 g/mol. The van der Waals surface area contributed by atoms with E-state index in [4.69, 9.17) is 5.11 Å². The Hall–Kier alpha value is -1.68. The van der Waals surface area contributed by atoms with Crippen LogP contribution in [-0.2, 0) is 11.3 Å². The summed E-state index contributed by atoms with van der Waals surface area (Å²) in [6.45, 7) is 3.08. The van der Waals surface area contributed by atoms with Gasteiger partial charge in [0.25, 0.3) is 0 Å². The van der Waals surface area contributed by atoms with E-state index in [9.17, 15) is 4.79 Å². The van der Waals surface area contributed by atoms with Gasteiger partial charge in [0.05, 0.1) is 0 Å². The van der Waals surface area contributed by atoms with E-state index in [2.05, 4.69) is 10.3 Å². The SMILES string of the molecule is C/C(=C/C(=O)O)CNCc1ccncc1. The van der Waals surface area contributed by atoms with Crippen LogP contribution in [-0.4, -0.2) is 22.6 Å². The number of carbonyl (C=O) groups is 1. The summed E-state index contributed by atoms with van der Waals surface area (Å²) < 4.78 is 0. The molecule has 0 atom stereocenters. The number of hydrogen-bond acceptors (Lipinski definition) is 3. The zero-order valence-corrected chi connectivity index (χ0v) is 8.60. The topological polar surface area (TPSA) is 62.2 Å². The molecule has 0 aliphatic heterocycles. The Kier molecular flexibility index (Phi) is 4.50. The molecule has 4 nitrogen and oxygen atoms in total. The smallest absolute Gasteiger partial charge is 0.328 e. The van der Waals surface area contributed by atoms with Gasteiger partial charge >= 0.3 is 5.97 Å². The molecule has 0 amide bonds. The van der Waals surface area contributed by atoms with Crippen LogP contribution in [0.15, 0.2) is 36.2 Å². The largest absolute Gasteiger partial charge is 0.478 e. The molecule has 0 saturated carbocycles. The number of aliphatic carboxylic acids is 1. The molecule has 0 spiro atoms. The zero-order chi connectivity index (χ0) is 11.1. The number of pyridine rings is 1. The van der Waals surface area contributed by atoms with Crippen molar-refractivity contribution in [2.45, 2.75) is 13.5 Å². The van der Waals surface area contributed by atoms with Crippen LogP contribution in [0, 0.1) is 0 Å². The van der Waals surface area contributed by atoms with Crippen LogP contribution < -0.4 is 5.32 Å². The lowest BCUT2D eigenvalue weighted by Crippen LogP contribution is -2.16. The highest BCUT2D eigenvalue weighted by atomic mass is 16.4. The highest BCUT2D eigenvalue weighted by molar-refractivity contribution is 5.80. The van der Waals surface area contributed by atoms with Crippen LogP contribution in [0.2, 0.25) is 0 Å². The number of carboxylic acids is 1. The maximum Gasteiger partial charge on any atom is 0.328 e. The molecular weight excluding hydrogens is 192 g/mol. The first-order valence-electron chi connectivity index (χ1n) is 4.68. The standard InChI is InChI=1S/C11H14N2O2/c1-9(6-11(14)15)7-13-8-10-2-4-12-5-3-10/h2-6,13H,7-8H2,1H3,(H,14,15)/b9-6-. The van der Waals surface area contributed by atoms with Crippen molar-refractivity contribution in [2.24, 2.45) is 0 Å². The molecule has 1 aromatic heterocycles. The first kappa shape index (κ1) is 11.4.